The van der Waals surface area contributed by atoms with Crippen LogP contribution in [-0.2, 0) is 0 Å². The molecule has 1 aliphatic rings. The number of para-hydroxylation sites is 1. The SMILES string of the molecule is COc1cccc(C(=O)/C=C/N2CCCC2)c1O. The maximum atomic E-state index is 12.0. The largest absolute Gasteiger partial charge is 0.504 e. The summed E-state index contributed by atoms with van der Waals surface area (Å²) < 4.78 is 4.98. The number of carbonyl (C=O) groups excluding carboxylic acids is 1. The monoisotopic (exact) mass is 247 g/mol. The van der Waals surface area contributed by atoms with Crippen LogP contribution in [0.25, 0.3) is 0 Å². The van der Waals surface area contributed by atoms with Gasteiger partial charge in [0.25, 0.3) is 0 Å². The van der Waals surface area contributed by atoms with E-state index in [-0.39, 0.29) is 17.1 Å². The molecule has 1 N–H and O–H groups in total. The molecule has 0 radical (unpaired) electrons. The summed E-state index contributed by atoms with van der Waals surface area (Å²) in [6.45, 7) is 1.99. The Morgan fingerprint density at radius 1 is 1.39 bits per heavy atom. The third-order valence-electron chi connectivity index (χ3n) is 3.06. The third kappa shape index (κ3) is 2.64. The van der Waals surface area contributed by atoms with E-state index in [4.69, 9.17) is 4.74 Å². The second-order valence-corrected chi connectivity index (χ2v) is 4.28. The predicted molar refractivity (Wildman–Crippen MR) is 68.9 cm³/mol. The van der Waals surface area contributed by atoms with Gasteiger partial charge < -0.3 is 14.7 Å². The van der Waals surface area contributed by atoms with Crippen molar-refractivity contribution < 1.29 is 14.6 Å². The predicted octanol–water partition coefficient (Wildman–Crippen LogP) is 2.19. The van der Waals surface area contributed by atoms with Crippen molar-refractivity contribution in [2.75, 3.05) is 20.2 Å². The van der Waals surface area contributed by atoms with Crippen molar-refractivity contribution in [2.24, 2.45) is 0 Å². The van der Waals surface area contributed by atoms with Crippen molar-refractivity contribution in [3.05, 3.63) is 36.0 Å². The lowest BCUT2D eigenvalue weighted by molar-refractivity contribution is 0.104. The molecule has 0 atom stereocenters. The minimum Gasteiger partial charge on any atom is -0.504 e. The Morgan fingerprint density at radius 3 is 2.78 bits per heavy atom. The van der Waals surface area contributed by atoms with Crippen molar-refractivity contribution in [3.8, 4) is 11.5 Å². The first-order valence-electron chi connectivity index (χ1n) is 6.05. The van der Waals surface area contributed by atoms with Crippen LogP contribution in [0, 0.1) is 0 Å². The van der Waals surface area contributed by atoms with Gasteiger partial charge >= 0.3 is 0 Å². The fraction of sp³-hybridized carbons (Fsp3) is 0.357. The Hall–Kier alpha value is -1.97. The number of benzene rings is 1. The number of phenols is 1. The average molecular weight is 247 g/mol. The molecule has 2 rings (SSSR count). The van der Waals surface area contributed by atoms with E-state index in [1.165, 1.54) is 26.0 Å². The van der Waals surface area contributed by atoms with Crippen molar-refractivity contribution in [1.82, 2.24) is 4.90 Å². The molecule has 96 valence electrons. The van der Waals surface area contributed by atoms with E-state index in [0.29, 0.717) is 5.75 Å². The number of ether oxygens (including phenoxy) is 1. The molecule has 1 fully saturated rings. The summed E-state index contributed by atoms with van der Waals surface area (Å²) in [7, 11) is 1.46. The van der Waals surface area contributed by atoms with Crippen LogP contribution in [0.4, 0.5) is 0 Å². The Morgan fingerprint density at radius 2 is 2.11 bits per heavy atom. The van der Waals surface area contributed by atoms with Crippen LogP contribution in [-0.4, -0.2) is 36.0 Å². The summed E-state index contributed by atoms with van der Waals surface area (Å²) in [6.07, 6.45) is 5.64. The van der Waals surface area contributed by atoms with Gasteiger partial charge in [0.1, 0.15) is 0 Å². The van der Waals surface area contributed by atoms with E-state index in [2.05, 4.69) is 4.90 Å². The van der Waals surface area contributed by atoms with Gasteiger partial charge in [-0.05, 0) is 25.0 Å². The second kappa shape index (κ2) is 5.58. The number of rotatable bonds is 4. The number of phenolic OH excluding ortho intramolecular Hbond substituents is 1. The van der Waals surface area contributed by atoms with Gasteiger partial charge in [0, 0.05) is 25.4 Å². The number of hydrogen-bond acceptors (Lipinski definition) is 4. The van der Waals surface area contributed by atoms with E-state index in [1.807, 2.05) is 0 Å². The Kier molecular flexibility index (Phi) is 3.87. The standard InChI is InChI=1S/C14H17NO3/c1-18-13-6-4-5-11(14(13)17)12(16)7-10-15-8-2-3-9-15/h4-7,10,17H,2-3,8-9H2,1H3/b10-7+. The summed E-state index contributed by atoms with van der Waals surface area (Å²) in [6, 6.07) is 4.90. The summed E-state index contributed by atoms with van der Waals surface area (Å²) in [5.74, 6) is 0.00444. The number of allylic oxidation sites excluding steroid dienone is 1. The zero-order valence-corrected chi connectivity index (χ0v) is 10.4. The highest BCUT2D eigenvalue weighted by Gasteiger charge is 2.13. The number of likely N-dealkylation sites (tertiary alicyclic amines) is 1. The molecule has 1 aromatic rings. The van der Waals surface area contributed by atoms with Gasteiger partial charge in [0.15, 0.2) is 17.3 Å². The van der Waals surface area contributed by atoms with Gasteiger partial charge in [0.05, 0.1) is 12.7 Å². The molecule has 0 saturated carbocycles. The summed E-state index contributed by atoms with van der Waals surface area (Å²) in [5, 5.41) is 9.86. The Labute approximate surface area is 106 Å². The highest BCUT2D eigenvalue weighted by Crippen LogP contribution is 2.29. The number of ketones is 1. The minimum atomic E-state index is -0.210. The van der Waals surface area contributed by atoms with Crippen LogP contribution in [0.1, 0.15) is 23.2 Å². The van der Waals surface area contributed by atoms with Gasteiger partial charge in [-0.2, -0.15) is 0 Å². The number of nitrogens with zero attached hydrogens (tertiary/aromatic N) is 1. The lowest BCUT2D eigenvalue weighted by Crippen LogP contribution is -2.11. The number of carbonyl (C=O) groups is 1. The molecule has 18 heavy (non-hydrogen) atoms. The smallest absolute Gasteiger partial charge is 0.191 e. The molecule has 0 amide bonds. The molecule has 1 aliphatic heterocycles. The summed E-state index contributed by atoms with van der Waals surface area (Å²) >= 11 is 0. The molecular weight excluding hydrogens is 230 g/mol. The lowest BCUT2D eigenvalue weighted by Gasteiger charge is -2.10. The summed E-state index contributed by atoms with van der Waals surface area (Å²) in [4.78, 5) is 14.1. The van der Waals surface area contributed by atoms with E-state index in [0.717, 1.165) is 13.1 Å². The number of methoxy groups -OCH3 is 1. The molecule has 1 heterocycles. The normalized spacial score (nSPS) is 15.3. The summed E-state index contributed by atoms with van der Waals surface area (Å²) in [5.41, 5.74) is 0.268. The molecular formula is C14H17NO3. The maximum absolute atomic E-state index is 12.0. The van der Waals surface area contributed by atoms with Crippen LogP contribution in [0.15, 0.2) is 30.5 Å². The van der Waals surface area contributed by atoms with Gasteiger partial charge in [0.2, 0.25) is 0 Å². The molecule has 4 heteroatoms. The third-order valence-corrected chi connectivity index (χ3v) is 3.06. The van der Waals surface area contributed by atoms with E-state index in [9.17, 15) is 9.90 Å². The first kappa shape index (κ1) is 12.5. The lowest BCUT2D eigenvalue weighted by atomic mass is 10.1. The molecule has 0 spiro atoms. The molecule has 1 aromatic carbocycles. The van der Waals surface area contributed by atoms with Crippen molar-refractivity contribution in [3.63, 3.8) is 0 Å². The maximum Gasteiger partial charge on any atom is 0.191 e. The molecule has 0 bridgehead atoms. The van der Waals surface area contributed by atoms with Crippen LogP contribution in [0.3, 0.4) is 0 Å². The molecule has 4 nitrogen and oxygen atoms in total. The fourth-order valence-corrected chi connectivity index (χ4v) is 2.04. The zero-order chi connectivity index (χ0) is 13.0. The quantitative estimate of drug-likeness (QED) is 0.654. The highest BCUT2D eigenvalue weighted by atomic mass is 16.5. The minimum absolute atomic E-state index is 0.101. The number of aromatic hydroxyl groups is 1. The van der Waals surface area contributed by atoms with Crippen LogP contribution in [0.5, 0.6) is 11.5 Å². The van der Waals surface area contributed by atoms with Crippen LogP contribution >= 0.6 is 0 Å². The van der Waals surface area contributed by atoms with Gasteiger partial charge in [-0.3, -0.25) is 4.79 Å². The fourth-order valence-electron chi connectivity index (χ4n) is 2.04. The Bertz CT molecular complexity index is 462. The van der Waals surface area contributed by atoms with Crippen molar-refractivity contribution in [2.45, 2.75) is 12.8 Å². The van der Waals surface area contributed by atoms with Gasteiger partial charge in [-0.25, -0.2) is 0 Å². The van der Waals surface area contributed by atoms with E-state index >= 15 is 0 Å². The average Bonchev–Trinajstić information content (AvgIpc) is 2.89. The van der Waals surface area contributed by atoms with Gasteiger partial charge in [-0.15, -0.1) is 0 Å². The first-order valence-corrected chi connectivity index (χ1v) is 6.05. The molecule has 0 unspecified atom stereocenters. The molecule has 0 aromatic heterocycles. The van der Waals surface area contributed by atoms with Crippen molar-refractivity contribution in [1.29, 1.82) is 0 Å². The highest BCUT2D eigenvalue weighted by molar-refractivity contribution is 6.06. The van der Waals surface area contributed by atoms with E-state index < -0.39 is 0 Å². The van der Waals surface area contributed by atoms with E-state index in [1.54, 1.807) is 24.4 Å². The second-order valence-electron chi connectivity index (χ2n) is 4.28. The zero-order valence-electron chi connectivity index (χ0n) is 10.4. The first-order chi connectivity index (χ1) is 8.72. The molecule has 1 saturated heterocycles. The van der Waals surface area contributed by atoms with Crippen LogP contribution < -0.4 is 4.74 Å². The van der Waals surface area contributed by atoms with Crippen LogP contribution in [0.2, 0.25) is 0 Å². The topological polar surface area (TPSA) is 49.8 Å². The van der Waals surface area contributed by atoms with Gasteiger partial charge in [-0.1, -0.05) is 6.07 Å². The van der Waals surface area contributed by atoms with Crippen molar-refractivity contribution >= 4 is 5.78 Å². The Balaban J connectivity index is 2.13. The number of hydrogen-bond donors (Lipinski definition) is 1. The molecule has 0 aliphatic carbocycles.